The normalized spacial score (nSPS) is 16.2. The van der Waals surface area contributed by atoms with Crippen molar-refractivity contribution in [3.05, 3.63) is 0 Å². The number of esters is 2. The van der Waals surface area contributed by atoms with E-state index in [2.05, 4.69) is 24.5 Å². The third kappa shape index (κ3) is 13.6. The van der Waals surface area contributed by atoms with E-state index in [1.807, 2.05) is 0 Å². The lowest BCUT2D eigenvalue weighted by Gasteiger charge is -2.37. The Kier molecular flexibility index (Phi) is 17.6. The first-order valence-corrected chi connectivity index (χ1v) is 14.4. The van der Waals surface area contributed by atoms with Crippen molar-refractivity contribution in [1.82, 2.24) is 10.6 Å². The van der Waals surface area contributed by atoms with Gasteiger partial charge in [0.1, 0.15) is 0 Å². The fourth-order valence-electron chi connectivity index (χ4n) is 4.85. The van der Waals surface area contributed by atoms with Crippen LogP contribution in [-0.2, 0) is 28.7 Å². The largest absolute Gasteiger partial charge is 0.464 e. The second-order valence-electron chi connectivity index (χ2n) is 10.5. The molecule has 4 N–H and O–H groups in total. The van der Waals surface area contributed by atoms with E-state index in [1.165, 1.54) is 0 Å². The summed E-state index contributed by atoms with van der Waals surface area (Å²) in [5.41, 5.74) is -0.638. The summed E-state index contributed by atoms with van der Waals surface area (Å²) in [6.45, 7) is 3.49. The van der Waals surface area contributed by atoms with Crippen LogP contribution in [0, 0.1) is 5.41 Å². The number of carbonyl (C=O) groups excluding carboxylic acids is 4. The number of hydrogen-bond acceptors (Lipinski definition) is 8. The van der Waals surface area contributed by atoms with E-state index in [4.69, 9.17) is 9.47 Å². The van der Waals surface area contributed by atoms with Gasteiger partial charge >= 0.3 is 11.9 Å². The number of amides is 2. The molecule has 0 aromatic carbocycles. The van der Waals surface area contributed by atoms with E-state index in [-0.39, 0.29) is 26.1 Å². The van der Waals surface area contributed by atoms with Crippen LogP contribution in [0.2, 0.25) is 0 Å². The molecule has 0 unspecified atom stereocenters. The molecule has 1 aliphatic carbocycles. The lowest BCUT2D eigenvalue weighted by Crippen LogP contribution is -2.48. The van der Waals surface area contributed by atoms with Gasteiger partial charge in [0.15, 0.2) is 12.1 Å². The number of nitrogens with one attached hydrogen (secondary N) is 2. The van der Waals surface area contributed by atoms with Crippen LogP contribution in [0.5, 0.6) is 0 Å². The second-order valence-corrected chi connectivity index (χ2v) is 10.5. The molecule has 0 aliphatic heterocycles. The highest BCUT2D eigenvalue weighted by Gasteiger charge is 2.38. The zero-order chi connectivity index (χ0) is 28.2. The Balaban J connectivity index is 2.65. The van der Waals surface area contributed by atoms with Gasteiger partial charge in [-0.05, 0) is 31.1 Å². The predicted molar refractivity (Wildman–Crippen MR) is 143 cm³/mol. The summed E-state index contributed by atoms with van der Waals surface area (Å²) in [7, 11) is 0. The summed E-state index contributed by atoms with van der Waals surface area (Å²) in [5.74, 6) is -2.22. The fraction of sp³-hybridized carbons (Fsp3) is 0.857. The number of carbonyl (C=O) groups is 4. The third-order valence-corrected chi connectivity index (χ3v) is 7.07. The van der Waals surface area contributed by atoms with Gasteiger partial charge in [-0.1, -0.05) is 71.6 Å². The van der Waals surface area contributed by atoms with Crippen LogP contribution in [0.15, 0.2) is 0 Å². The summed E-state index contributed by atoms with van der Waals surface area (Å²) in [6.07, 6.45) is 11.6. The Morgan fingerprint density at radius 2 is 1.11 bits per heavy atom. The first-order valence-electron chi connectivity index (χ1n) is 14.4. The molecule has 38 heavy (non-hydrogen) atoms. The van der Waals surface area contributed by atoms with Crippen LogP contribution in [-0.4, -0.2) is 72.5 Å². The number of ether oxygens (including phenoxy) is 2. The molecular weight excluding hydrogens is 492 g/mol. The number of unbranched alkanes of at least 4 members (excludes halogenated alkanes) is 6. The monoisotopic (exact) mass is 542 g/mol. The van der Waals surface area contributed by atoms with Crippen molar-refractivity contribution in [3.8, 4) is 0 Å². The van der Waals surface area contributed by atoms with Crippen LogP contribution < -0.4 is 10.6 Å². The molecule has 0 heterocycles. The van der Waals surface area contributed by atoms with Crippen molar-refractivity contribution >= 4 is 23.8 Å². The van der Waals surface area contributed by atoms with Gasteiger partial charge in [0.2, 0.25) is 11.8 Å². The molecule has 0 bridgehead atoms. The van der Waals surface area contributed by atoms with Gasteiger partial charge in [-0.15, -0.1) is 0 Å². The van der Waals surface area contributed by atoms with Crippen LogP contribution >= 0.6 is 0 Å². The first kappa shape index (κ1) is 33.8. The average Bonchev–Trinajstić information content (AvgIpc) is 2.90. The summed E-state index contributed by atoms with van der Waals surface area (Å²) < 4.78 is 10.4. The second kappa shape index (κ2) is 19.8. The maximum absolute atomic E-state index is 12.9. The van der Waals surface area contributed by atoms with Crippen LogP contribution in [0.4, 0.5) is 0 Å². The zero-order valence-corrected chi connectivity index (χ0v) is 23.4. The molecule has 10 nitrogen and oxygen atoms in total. The van der Waals surface area contributed by atoms with Gasteiger partial charge in [-0.2, -0.15) is 0 Å². The van der Waals surface area contributed by atoms with Crippen molar-refractivity contribution in [2.75, 3.05) is 26.4 Å². The highest BCUT2D eigenvalue weighted by atomic mass is 16.5. The molecule has 1 fully saturated rings. The minimum absolute atomic E-state index is 0.00632. The van der Waals surface area contributed by atoms with Crippen molar-refractivity contribution < 1.29 is 38.9 Å². The number of aliphatic hydroxyl groups is 2. The van der Waals surface area contributed by atoms with E-state index in [1.54, 1.807) is 0 Å². The molecule has 0 saturated heterocycles. The van der Waals surface area contributed by atoms with E-state index < -0.39 is 54.5 Å². The van der Waals surface area contributed by atoms with Crippen LogP contribution in [0.1, 0.15) is 110 Å². The maximum atomic E-state index is 12.9. The minimum Gasteiger partial charge on any atom is -0.464 e. The molecule has 220 valence electrons. The standard InChI is InChI=1S/C28H50N2O8/c1-3-5-7-12-16-37-26(35)22(20-31)29-24(33)18-28(14-10-9-11-15-28)19-25(34)30-23(21-32)27(36)38-17-13-8-6-4-2/h22-23,31-32H,3-21H2,1-2H3,(H,29,33)(H,30,34)/t22-,23-/m1/s1. The fourth-order valence-corrected chi connectivity index (χ4v) is 4.85. The quantitative estimate of drug-likeness (QED) is 0.135. The molecule has 10 heteroatoms. The van der Waals surface area contributed by atoms with E-state index in [0.717, 1.165) is 70.6 Å². The molecule has 0 aromatic heterocycles. The van der Waals surface area contributed by atoms with E-state index >= 15 is 0 Å². The Morgan fingerprint density at radius 3 is 1.47 bits per heavy atom. The van der Waals surface area contributed by atoms with Gasteiger partial charge in [-0.3, -0.25) is 9.59 Å². The van der Waals surface area contributed by atoms with Crippen LogP contribution in [0.25, 0.3) is 0 Å². The highest BCUT2D eigenvalue weighted by Crippen LogP contribution is 2.42. The Morgan fingerprint density at radius 1 is 0.684 bits per heavy atom. The van der Waals surface area contributed by atoms with Crippen molar-refractivity contribution in [3.63, 3.8) is 0 Å². The van der Waals surface area contributed by atoms with Gasteiger partial charge in [0.25, 0.3) is 0 Å². The lowest BCUT2D eigenvalue weighted by molar-refractivity contribution is -0.150. The van der Waals surface area contributed by atoms with Crippen molar-refractivity contribution in [2.45, 2.75) is 122 Å². The molecule has 2 amide bonds. The summed E-state index contributed by atoms with van der Waals surface area (Å²) >= 11 is 0. The molecular formula is C28H50N2O8. The SMILES string of the molecule is CCCCCCOC(=O)[C@@H](CO)NC(=O)CC1(CC(=O)N[C@H](CO)C(=O)OCCCCCC)CCCCC1. The molecule has 0 spiro atoms. The topological polar surface area (TPSA) is 151 Å². The van der Waals surface area contributed by atoms with E-state index in [9.17, 15) is 29.4 Å². The van der Waals surface area contributed by atoms with Crippen molar-refractivity contribution in [2.24, 2.45) is 5.41 Å². The Hall–Kier alpha value is -2.20. The Bertz CT molecular complexity index is 657. The minimum atomic E-state index is -1.16. The number of rotatable bonds is 20. The van der Waals surface area contributed by atoms with Gasteiger partial charge in [0, 0.05) is 12.8 Å². The first-order chi connectivity index (χ1) is 18.3. The Labute approximate surface area is 227 Å². The average molecular weight is 543 g/mol. The molecule has 1 rings (SSSR count). The maximum Gasteiger partial charge on any atom is 0.331 e. The smallest absolute Gasteiger partial charge is 0.331 e. The van der Waals surface area contributed by atoms with Crippen LogP contribution in [0.3, 0.4) is 0 Å². The summed E-state index contributed by atoms with van der Waals surface area (Å²) in [6, 6.07) is -2.32. The van der Waals surface area contributed by atoms with Gasteiger partial charge < -0.3 is 30.3 Å². The molecule has 2 atom stereocenters. The summed E-state index contributed by atoms with van der Waals surface area (Å²) in [4.78, 5) is 50.4. The zero-order valence-electron chi connectivity index (χ0n) is 23.4. The predicted octanol–water partition coefficient (Wildman–Crippen LogP) is 2.92. The molecule has 0 radical (unpaired) electrons. The van der Waals surface area contributed by atoms with Crippen molar-refractivity contribution in [1.29, 1.82) is 0 Å². The summed E-state index contributed by atoms with van der Waals surface area (Å²) in [5, 5.41) is 24.4. The lowest BCUT2D eigenvalue weighted by atomic mass is 9.69. The third-order valence-electron chi connectivity index (χ3n) is 7.07. The molecule has 1 aliphatic rings. The van der Waals surface area contributed by atoms with E-state index in [0.29, 0.717) is 12.8 Å². The number of aliphatic hydroxyl groups excluding tert-OH is 2. The highest BCUT2D eigenvalue weighted by molar-refractivity contribution is 5.87. The molecule has 1 saturated carbocycles. The van der Waals surface area contributed by atoms with Gasteiger partial charge in [-0.25, -0.2) is 9.59 Å². The number of hydrogen-bond donors (Lipinski definition) is 4. The van der Waals surface area contributed by atoms with Gasteiger partial charge in [0.05, 0.1) is 26.4 Å². The molecule has 0 aromatic rings.